The second-order valence-corrected chi connectivity index (χ2v) is 4.16. The number of hydrogen-bond acceptors (Lipinski definition) is 3. The van der Waals surface area contributed by atoms with Crippen molar-refractivity contribution in [3.05, 3.63) is 36.0 Å². The van der Waals surface area contributed by atoms with Gasteiger partial charge in [-0.05, 0) is 24.3 Å². The van der Waals surface area contributed by atoms with Gasteiger partial charge in [0.25, 0.3) is 5.91 Å². The molecule has 6 heteroatoms. The van der Waals surface area contributed by atoms with Gasteiger partial charge in [0.15, 0.2) is 0 Å². The van der Waals surface area contributed by atoms with E-state index in [0.29, 0.717) is 5.56 Å². The number of rotatable bonds is 5. The summed E-state index contributed by atoms with van der Waals surface area (Å²) in [6.45, 7) is -0.298. The molecule has 1 aromatic heterocycles. The van der Waals surface area contributed by atoms with E-state index < -0.39 is 17.9 Å². The number of aromatic nitrogens is 1. The first-order valence-corrected chi connectivity index (χ1v) is 5.83. The summed E-state index contributed by atoms with van der Waals surface area (Å²) in [5, 5.41) is 20.9. The summed E-state index contributed by atoms with van der Waals surface area (Å²) >= 11 is 0. The minimum atomic E-state index is -1.16. The molecule has 19 heavy (non-hydrogen) atoms. The number of amides is 1. The van der Waals surface area contributed by atoms with Crippen LogP contribution in [0.1, 0.15) is 16.8 Å². The van der Waals surface area contributed by atoms with Crippen molar-refractivity contribution >= 4 is 22.8 Å². The first kappa shape index (κ1) is 13.1. The van der Waals surface area contributed by atoms with Crippen molar-refractivity contribution in [2.24, 2.45) is 0 Å². The van der Waals surface area contributed by atoms with Gasteiger partial charge in [0.05, 0.1) is 0 Å². The maximum Gasteiger partial charge on any atom is 0.326 e. The molecule has 6 nitrogen and oxygen atoms in total. The molecule has 0 aliphatic rings. The predicted octanol–water partition coefficient (Wildman–Crippen LogP) is 0.733. The summed E-state index contributed by atoms with van der Waals surface area (Å²) in [7, 11) is 0. The Balaban J connectivity index is 2.16. The summed E-state index contributed by atoms with van der Waals surface area (Å²) in [6, 6.07) is 5.80. The van der Waals surface area contributed by atoms with Crippen LogP contribution < -0.4 is 5.32 Å². The minimum absolute atomic E-state index is 0.0204. The highest BCUT2D eigenvalue weighted by atomic mass is 16.4. The molecular formula is C13H14N2O4. The number of carbonyl (C=O) groups is 2. The SMILES string of the molecule is O=C(N[C@H](CCO)C(=O)O)c1ccc2[nH]ccc2c1. The molecule has 1 aromatic carbocycles. The monoisotopic (exact) mass is 262 g/mol. The molecule has 1 amide bonds. The van der Waals surface area contributed by atoms with E-state index in [9.17, 15) is 9.59 Å². The first-order valence-electron chi connectivity index (χ1n) is 5.83. The Kier molecular flexibility index (Phi) is 3.82. The molecule has 2 rings (SSSR count). The smallest absolute Gasteiger partial charge is 0.326 e. The van der Waals surface area contributed by atoms with Gasteiger partial charge in [-0.3, -0.25) is 4.79 Å². The highest BCUT2D eigenvalue weighted by Crippen LogP contribution is 2.14. The van der Waals surface area contributed by atoms with Gasteiger partial charge in [0, 0.05) is 35.7 Å². The van der Waals surface area contributed by atoms with Crippen LogP contribution in [0.5, 0.6) is 0 Å². The summed E-state index contributed by atoms with van der Waals surface area (Å²) in [5.41, 5.74) is 1.29. The van der Waals surface area contributed by atoms with E-state index in [-0.39, 0.29) is 13.0 Å². The minimum Gasteiger partial charge on any atom is -0.480 e. The highest BCUT2D eigenvalue weighted by Gasteiger charge is 2.20. The molecule has 0 saturated carbocycles. The number of carboxylic acid groups (broad SMARTS) is 1. The maximum absolute atomic E-state index is 11.9. The number of nitrogens with one attached hydrogen (secondary N) is 2. The fourth-order valence-electron chi connectivity index (χ4n) is 1.82. The number of aromatic amines is 1. The van der Waals surface area contributed by atoms with Crippen LogP contribution in [0.2, 0.25) is 0 Å². The number of H-pyrrole nitrogens is 1. The van der Waals surface area contributed by atoms with Crippen molar-refractivity contribution in [3.63, 3.8) is 0 Å². The van der Waals surface area contributed by atoms with E-state index in [4.69, 9.17) is 10.2 Å². The lowest BCUT2D eigenvalue weighted by atomic mass is 10.1. The zero-order chi connectivity index (χ0) is 13.8. The molecule has 0 aliphatic carbocycles. The van der Waals surface area contributed by atoms with Crippen molar-refractivity contribution in [1.29, 1.82) is 0 Å². The molecular weight excluding hydrogens is 248 g/mol. The van der Waals surface area contributed by atoms with E-state index in [2.05, 4.69) is 10.3 Å². The fraction of sp³-hybridized carbons (Fsp3) is 0.231. The summed E-state index contributed by atoms with van der Waals surface area (Å²) < 4.78 is 0. The molecule has 0 bridgehead atoms. The largest absolute Gasteiger partial charge is 0.480 e. The standard InChI is InChI=1S/C13H14N2O4/c16-6-4-11(13(18)19)15-12(17)9-1-2-10-8(7-9)3-5-14-10/h1-3,5,7,11,14,16H,4,6H2,(H,15,17)(H,18,19)/t11-/m1/s1. The van der Waals surface area contributed by atoms with Crippen LogP contribution in [-0.2, 0) is 4.79 Å². The molecule has 100 valence electrons. The third-order valence-electron chi connectivity index (χ3n) is 2.84. The van der Waals surface area contributed by atoms with Crippen molar-refractivity contribution in [2.75, 3.05) is 6.61 Å². The average molecular weight is 262 g/mol. The molecule has 1 atom stereocenters. The number of carboxylic acids is 1. The number of fused-ring (bicyclic) bond motifs is 1. The molecule has 0 unspecified atom stereocenters. The second-order valence-electron chi connectivity index (χ2n) is 4.16. The van der Waals surface area contributed by atoms with Crippen molar-refractivity contribution in [3.8, 4) is 0 Å². The lowest BCUT2D eigenvalue weighted by Crippen LogP contribution is -2.41. The Morgan fingerprint density at radius 2 is 2.11 bits per heavy atom. The summed E-state index contributed by atoms with van der Waals surface area (Å²) in [6.07, 6.45) is 1.74. The maximum atomic E-state index is 11.9. The number of benzene rings is 1. The topological polar surface area (TPSA) is 102 Å². The Labute approximate surface area is 109 Å². The lowest BCUT2D eigenvalue weighted by molar-refractivity contribution is -0.139. The molecule has 0 saturated heterocycles. The number of aliphatic hydroxyl groups excluding tert-OH is 1. The fourth-order valence-corrected chi connectivity index (χ4v) is 1.82. The Morgan fingerprint density at radius 1 is 1.32 bits per heavy atom. The molecule has 2 aromatic rings. The van der Waals surface area contributed by atoms with Crippen molar-refractivity contribution in [1.82, 2.24) is 10.3 Å². The number of carbonyl (C=O) groups excluding carboxylic acids is 1. The molecule has 1 heterocycles. The van der Waals surface area contributed by atoms with Crippen LogP contribution in [0.25, 0.3) is 10.9 Å². The Hall–Kier alpha value is -2.34. The van der Waals surface area contributed by atoms with E-state index >= 15 is 0 Å². The van der Waals surface area contributed by atoms with E-state index in [1.807, 2.05) is 6.07 Å². The van der Waals surface area contributed by atoms with Gasteiger partial charge in [-0.25, -0.2) is 4.79 Å². The van der Waals surface area contributed by atoms with Gasteiger partial charge < -0.3 is 20.5 Å². The second kappa shape index (κ2) is 5.53. The van der Waals surface area contributed by atoms with Crippen molar-refractivity contribution in [2.45, 2.75) is 12.5 Å². The third-order valence-corrected chi connectivity index (χ3v) is 2.84. The first-order chi connectivity index (χ1) is 9.11. The number of hydrogen-bond donors (Lipinski definition) is 4. The molecule has 0 aliphatic heterocycles. The van der Waals surface area contributed by atoms with Crippen molar-refractivity contribution < 1.29 is 19.8 Å². The van der Waals surface area contributed by atoms with Gasteiger partial charge >= 0.3 is 5.97 Å². The predicted molar refractivity (Wildman–Crippen MR) is 68.9 cm³/mol. The summed E-state index contributed by atoms with van der Waals surface area (Å²) in [5.74, 6) is -1.63. The van der Waals surface area contributed by atoms with Crippen LogP contribution in [0.4, 0.5) is 0 Å². The Bertz CT molecular complexity index is 605. The lowest BCUT2D eigenvalue weighted by Gasteiger charge is -2.13. The molecule has 0 radical (unpaired) electrons. The van der Waals surface area contributed by atoms with E-state index in [0.717, 1.165) is 10.9 Å². The van der Waals surface area contributed by atoms with Crippen LogP contribution in [-0.4, -0.2) is 39.7 Å². The van der Waals surface area contributed by atoms with Crippen LogP contribution in [0, 0.1) is 0 Å². The van der Waals surface area contributed by atoms with Gasteiger partial charge in [-0.2, -0.15) is 0 Å². The molecule has 4 N–H and O–H groups in total. The normalized spacial score (nSPS) is 12.3. The van der Waals surface area contributed by atoms with E-state index in [1.54, 1.807) is 24.4 Å². The van der Waals surface area contributed by atoms with E-state index in [1.165, 1.54) is 0 Å². The number of aliphatic carboxylic acids is 1. The van der Waals surface area contributed by atoms with Crippen LogP contribution in [0.3, 0.4) is 0 Å². The van der Waals surface area contributed by atoms with Gasteiger partial charge in [0.2, 0.25) is 0 Å². The molecule has 0 spiro atoms. The van der Waals surface area contributed by atoms with Gasteiger partial charge in [-0.15, -0.1) is 0 Å². The zero-order valence-corrected chi connectivity index (χ0v) is 10.1. The average Bonchev–Trinajstić information content (AvgIpc) is 2.85. The quantitative estimate of drug-likeness (QED) is 0.638. The van der Waals surface area contributed by atoms with Crippen LogP contribution >= 0.6 is 0 Å². The highest BCUT2D eigenvalue weighted by molar-refractivity contribution is 5.99. The zero-order valence-electron chi connectivity index (χ0n) is 10.1. The van der Waals surface area contributed by atoms with Gasteiger partial charge in [0.1, 0.15) is 6.04 Å². The number of aliphatic hydroxyl groups is 1. The Morgan fingerprint density at radius 3 is 2.79 bits per heavy atom. The summed E-state index contributed by atoms with van der Waals surface area (Å²) in [4.78, 5) is 25.8. The van der Waals surface area contributed by atoms with Crippen LogP contribution in [0.15, 0.2) is 30.5 Å². The third kappa shape index (κ3) is 2.92. The van der Waals surface area contributed by atoms with Gasteiger partial charge in [-0.1, -0.05) is 0 Å². The molecule has 0 fully saturated rings.